The number of rotatable bonds is 4. The summed E-state index contributed by atoms with van der Waals surface area (Å²) in [4.78, 5) is 20.0. The number of aryl methyl sites for hydroxylation is 1. The van der Waals surface area contributed by atoms with Gasteiger partial charge in [-0.05, 0) is 24.6 Å². The molecule has 1 aromatic heterocycles. The second-order valence-electron chi connectivity index (χ2n) is 4.32. The van der Waals surface area contributed by atoms with Gasteiger partial charge in [0, 0.05) is 10.7 Å². The lowest BCUT2D eigenvalue weighted by Crippen LogP contribution is -2.21. The summed E-state index contributed by atoms with van der Waals surface area (Å²) in [5, 5.41) is 5.70. The van der Waals surface area contributed by atoms with Crippen LogP contribution in [-0.4, -0.2) is 30.2 Å². The molecule has 2 amide bonds. The maximum atomic E-state index is 12.0. The van der Waals surface area contributed by atoms with Crippen molar-refractivity contribution >= 4 is 29.3 Å². The first kappa shape index (κ1) is 15.8. The Balaban J connectivity index is 2.09. The van der Waals surface area contributed by atoms with Gasteiger partial charge in [-0.3, -0.25) is 5.32 Å². The van der Waals surface area contributed by atoms with Crippen LogP contribution in [0.3, 0.4) is 0 Å². The number of nitrogens with zero attached hydrogens (tertiary/aromatic N) is 2. The first-order valence-electron chi connectivity index (χ1n) is 6.33. The van der Waals surface area contributed by atoms with Gasteiger partial charge in [-0.25, -0.2) is 4.79 Å². The lowest BCUT2D eigenvalue weighted by atomic mass is 10.2. The summed E-state index contributed by atoms with van der Waals surface area (Å²) >= 11 is 6.01. The number of ether oxygens (including phenoxy) is 2. The number of halogens is 1. The SMILES string of the molecule is COc1cc(OC)nc(NC(=O)Nc2ccc(C)c(Cl)c2)n1. The third kappa shape index (κ3) is 3.98. The summed E-state index contributed by atoms with van der Waals surface area (Å²) in [5.41, 5.74) is 1.48. The molecule has 7 nitrogen and oxygen atoms in total. The molecule has 0 saturated carbocycles. The van der Waals surface area contributed by atoms with Gasteiger partial charge in [-0.2, -0.15) is 9.97 Å². The van der Waals surface area contributed by atoms with Crippen molar-refractivity contribution in [1.82, 2.24) is 9.97 Å². The van der Waals surface area contributed by atoms with Crippen LogP contribution in [0.1, 0.15) is 5.56 Å². The number of nitrogens with one attached hydrogen (secondary N) is 2. The Labute approximate surface area is 132 Å². The average Bonchev–Trinajstić information content (AvgIpc) is 2.50. The second kappa shape index (κ2) is 6.95. The van der Waals surface area contributed by atoms with Gasteiger partial charge in [-0.1, -0.05) is 17.7 Å². The number of carbonyl (C=O) groups is 1. The predicted octanol–water partition coefficient (Wildman–Crippen LogP) is 3.10. The molecule has 2 aromatic rings. The normalized spacial score (nSPS) is 10.0. The average molecular weight is 323 g/mol. The van der Waals surface area contributed by atoms with Crippen LogP contribution >= 0.6 is 11.6 Å². The molecule has 8 heteroatoms. The van der Waals surface area contributed by atoms with Gasteiger partial charge in [0.2, 0.25) is 17.7 Å². The molecule has 22 heavy (non-hydrogen) atoms. The Bertz CT molecular complexity index is 672. The molecule has 0 bridgehead atoms. The van der Waals surface area contributed by atoms with Crippen LogP contribution in [-0.2, 0) is 0 Å². The molecule has 0 saturated heterocycles. The maximum Gasteiger partial charge on any atom is 0.326 e. The van der Waals surface area contributed by atoms with E-state index in [1.54, 1.807) is 12.1 Å². The van der Waals surface area contributed by atoms with Crippen molar-refractivity contribution in [3.8, 4) is 11.8 Å². The minimum atomic E-state index is -0.504. The highest BCUT2D eigenvalue weighted by atomic mass is 35.5. The van der Waals surface area contributed by atoms with Crippen molar-refractivity contribution in [1.29, 1.82) is 0 Å². The van der Waals surface area contributed by atoms with Crippen LogP contribution in [0.2, 0.25) is 5.02 Å². The number of amides is 2. The van der Waals surface area contributed by atoms with Gasteiger partial charge in [0.15, 0.2) is 0 Å². The van der Waals surface area contributed by atoms with E-state index in [9.17, 15) is 4.79 Å². The van der Waals surface area contributed by atoms with Gasteiger partial charge in [-0.15, -0.1) is 0 Å². The van der Waals surface area contributed by atoms with E-state index in [-0.39, 0.29) is 17.7 Å². The largest absolute Gasteiger partial charge is 0.481 e. The van der Waals surface area contributed by atoms with Crippen LogP contribution in [0, 0.1) is 6.92 Å². The molecular formula is C14H15ClN4O3. The van der Waals surface area contributed by atoms with Crippen molar-refractivity contribution in [2.45, 2.75) is 6.92 Å². The highest BCUT2D eigenvalue weighted by Crippen LogP contribution is 2.20. The van der Waals surface area contributed by atoms with E-state index in [0.29, 0.717) is 10.7 Å². The molecule has 2 N–H and O–H groups in total. The van der Waals surface area contributed by atoms with Gasteiger partial charge < -0.3 is 14.8 Å². The third-order valence-corrected chi connectivity index (χ3v) is 3.16. The van der Waals surface area contributed by atoms with Crippen molar-refractivity contribution < 1.29 is 14.3 Å². The fourth-order valence-corrected chi connectivity index (χ4v) is 1.78. The number of methoxy groups -OCH3 is 2. The molecule has 0 aliphatic rings. The fraction of sp³-hybridized carbons (Fsp3) is 0.214. The zero-order chi connectivity index (χ0) is 16.1. The highest BCUT2D eigenvalue weighted by molar-refractivity contribution is 6.31. The Morgan fingerprint density at radius 1 is 1.09 bits per heavy atom. The molecule has 0 spiro atoms. The third-order valence-electron chi connectivity index (χ3n) is 2.75. The Morgan fingerprint density at radius 2 is 1.73 bits per heavy atom. The molecule has 0 aliphatic heterocycles. The summed E-state index contributed by atoms with van der Waals surface area (Å²) in [6.45, 7) is 1.88. The van der Waals surface area contributed by atoms with E-state index in [1.165, 1.54) is 20.3 Å². The number of anilines is 2. The molecular weight excluding hydrogens is 308 g/mol. The minimum Gasteiger partial charge on any atom is -0.481 e. The van der Waals surface area contributed by atoms with Crippen LogP contribution in [0.4, 0.5) is 16.4 Å². The molecule has 1 heterocycles. The lowest BCUT2D eigenvalue weighted by molar-refractivity contribution is 0.262. The van der Waals surface area contributed by atoms with Gasteiger partial charge in [0.25, 0.3) is 0 Å². The maximum absolute atomic E-state index is 12.0. The monoisotopic (exact) mass is 322 g/mol. The van der Waals surface area contributed by atoms with E-state index < -0.39 is 6.03 Å². The standard InChI is InChI=1S/C14H15ClN4O3/c1-8-4-5-9(6-10(8)15)16-14(20)19-13-17-11(21-2)7-12(18-13)22-3/h4-7H,1-3H3,(H2,16,17,18,19,20). The van der Waals surface area contributed by atoms with Crippen LogP contribution in [0.15, 0.2) is 24.3 Å². The quantitative estimate of drug-likeness (QED) is 0.903. The molecule has 0 fully saturated rings. The summed E-state index contributed by atoms with van der Waals surface area (Å²) in [6, 6.07) is 6.21. The van der Waals surface area contributed by atoms with Crippen molar-refractivity contribution in [2.24, 2.45) is 0 Å². The van der Waals surface area contributed by atoms with Crippen molar-refractivity contribution in [2.75, 3.05) is 24.9 Å². The number of hydrogen-bond acceptors (Lipinski definition) is 5. The van der Waals surface area contributed by atoms with Gasteiger partial charge in [0.1, 0.15) is 0 Å². The van der Waals surface area contributed by atoms with Crippen molar-refractivity contribution in [3.05, 3.63) is 34.9 Å². The van der Waals surface area contributed by atoms with E-state index >= 15 is 0 Å². The second-order valence-corrected chi connectivity index (χ2v) is 4.73. The molecule has 116 valence electrons. The lowest BCUT2D eigenvalue weighted by Gasteiger charge is -2.09. The van der Waals surface area contributed by atoms with Crippen molar-refractivity contribution in [3.63, 3.8) is 0 Å². The number of benzene rings is 1. The van der Waals surface area contributed by atoms with E-state index in [1.807, 2.05) is 13.0 Å². The molecule has 0 unspecified atom stereocenters. The predicted molar refractivity (Wildman–Crippen MR) is 84.0 cm³/mol. The molecule has 2 rings (SSSR count). The fourth-order valence-electron chi connectivity index (χ4n) is 1.60. The van der Waals surface area contributed by atoms with Gasteiger partial charge >= 0.3 is 6.03 Å². The number of aromatic nitrogens is 2. The zero-order valence-electron chi connectivity index (χ0n) is 12.3. The molecule has 1 aromatic carbocycles. The summed E-state index contributed by atoms with van der Waals surface area (Å²) < 4.78 is 10.0. The number of urea groups is 1. The zero-order valence-corrected chi connectivity index (χ0v) is 13.1. The van der Waals surface area contributed by atoms with Gasteiger partial charge in [0.05, 0.1) is 20.3 Å². The summed E-state index contributed by atoms with van der Waals surface area (Å²) in [7, 11) is 2.92. The van der Waals surface area contributed by atoms with Crippen LogP contribution in [0.5, 0.6) is 11.8 Å². The molecule has 0 radical (unpaired) electrons. The summed E-state index contributed by atoms with van der Waals surface area (Å²) in [5.74, 6) is 0.618. The summed E-state index contributed by atoms with van der Waals surface area (Å²) in [6.07, 6.45) is 0. The molecule has 0 aliphatic carbocycles. The Morgan fingerprint density at radius 3 is 2.27 bits per heavy atom. The topological polar surface area (TPSA) is 85.4 Å². The smallest absolute Gasteiger partial charge is 0.326 e. The number of carbonyl (C=O) groups excluding carboxylic acids is 1. The number of hydrogen-bond donors (Lipinski definition) is 2. The minimum absolute atomic E-state index is 0.0620. The first-order valence-corrected chi connectivity index (χ1v) is 6.71. The van der Waals surface area contributed by atoms with Crippen LogP contribution in [0.25, 0.3) is 0 Å². The van der Waals surface area contributed by atoms with E-state index in [4.69, 9.17) is 21.1 Å². The molecule has 0 atom stereocenters. The Hall–Kier alpha value is -2.54. The highest BCUT2D eigenvalue weighted by Gasteiger charge is 2.09. The van der Waals surface area contributed by atoms with E-state index in [2.05, 4.69) is 20.6 Å². The van der Waals surface area contributed by atoms with Crippen LogP contribution < -0.4 is 20.1 Å². The first-order chi connectivity index (χ1) is 10.5. The Kier molecular flexibility index (Phi) is 5.00. The van der Waals surface area contributed by atoms with E-state index in [0.717, 1.165) is 5.56 Å².